The second-order valence-corrected chi connectivity index (χ2v) is 2.48. The Bertz CT molecular complexity index is 201. The van der Waals surface area contributed by atoms with Crippen LogP contribution >= 0.6 is 0 Å². The zero-order chi connectivity index (χ0) is 9.36. The molecule has 1 rings (SSSR count). The van der Waals surface area contributed by atoms with E-state index < -0.39 is 0 Å². The summed E-state index contributed by atoms with van der Waals surface area (Å²) in [6.07, 6.45) is 3.46. The molecule has 0 N–H and O–H groups in total. The fourth-order valence-electron chi connectivity index (χ4n) is 0.874. The molecule has 13 heavy (non-hydrogen) atoms. The van der Waals surface area contributed by atoms with Crippen molar-refractivity contribution in [3.63, 3.8) is 0 Å². The Morgan fingerprint density at radius 3 is 2.77 bits per heavy atom. The molecule has 0 unspecified atom stereocenters. The molecule has 0 bridgehead atoms. The Hall–Kier alpha value is -0.940. The number of hydrogen-bond acceptors (Lipinski definition) is 4. The Kier molecular flexibility index (Phi) is 5.12. The van der Waals surface area contributed by atoms with Crippen molar-refractivity contribution < 1.29 is 9.47 Å². The Morgan fingerprint density at radius 1 is 1.23 bits per heavy atom. The van der Waals surface area contributed by atoms with Crippen LogP contribution < -0.4 is 0 Å². The first-order valence-electron chi connectivity index (χ1n) is 4.43. The van der Waals surface area contributed by atoms with Gasteiger partial charge < -0.3 is 9.47 Å². The third-order valence-electron chi connectivity index (χ3n) is 1.51. The summed E-state index contributed by atoms with van der Waals surface area (Å²) >= 11 is 0. The third-order valence-corrected chi connectivity index (χ3v) is 1.51. The van der Waals surface area contributed by atoms with Crippen LogP contribution in [0.15, 0.2) is 12.4 Å². The van der Waals surface area contributed by atoms with E-state index in [-0.39, 0.29) is 0 Å². The highest BCUT2D eigenvalue weighted by Gasteiger charge is 1.91. The first-order chi connectivity index (χ1) is 6.43. The molecule has 5 heteroatoms. The van der Waals surface area contributed by atoms with Crippen LogP contribution in [-0.2, 0) is 16.0 Å². The van der Waals surface area contributed by atoms with E-state index in [1.165, 1.54) is 0 Å². The van der Waals surface area contributed by atoms with Crippen molar-refractivity contribution in [1.82, 2.24) is 15.0 Å². The van der Waals surface area contributed by atoms with E-state index in [1.807, 2.05) is 13.1 Å². The van der Waals surface area contributed by atoms with Gasteiger partial charge in [-0.1, -0.05) is 5.21 Å². The van der Waals surface area contributed by atoms with E-state index in [0.29, 0.717) is 19.8 Å². The minimum absolute atomic E-state index is 0.641. The third kappa shape index (κ3) is 4.59. The van der Waals surface area contributed by atoms with Crippen molar-refractivity contribution in [2.45, 2.75) is 13.5 Å². The van der Waals surface area contributed by atoms with Gasteiger partial charge in [-0.05, 0) is 6.92 Å². The number of ether oxygens (including phenoxy) is 2. The molecule has 0 aliphatic heterocycles. The maximum Gasteiger partial charge on any atom is 0.0701 e. The van der Waals surface area contributed by atoms with Gasteiger partial charge in [-0.3, -0.25) is 4.68 Å². The lowest BCUT2D eigenvalue weighted by Crippen LogP contribution is -2.10. The van der Waals surface area contributed by atoms with Gasteiger partial charge in [0.25, 0.3) is 0 Å². The zero-order valence-corrected chi connectivity index (χ0v) is 7.85. The highest BCUT2D eigenvalue weighted by atomic mass is 16.5. The quantitative estimate of drug-likeness (QED) is 0.574. The van der Waals surface area contributed by atoms with Gasteiger partial charge in [0.1, 0.15) is 0 Å². The summed E-state index contributed by atoms with van der Waals surface area (Å²) in [5, 5.41) is 7.49. The average Bonchev–Trinajstić information content (AvgIpc) is 2.63. The Labute approximate surface area is 77.6 Å². The summed E-state index contributed by atoms with van der Waals surface area (Å²) in [6.45, 7) is 5.40. The van der Waals surface area contributed by atoms with Crippen LogP contribution in [-0.4, -0.2) is 41.4 Å². The van der Waals surface area contributed by atoms with Crippen molar-refractivity contribution in [2.24, 2.45) is 0 Å². The number of aromatic nitrogens is 3. The predicted molar refractivity (Wildman–Crippen MR) is 47.3 cm³/mol. The van der Waals surface area contributed by atoms with E-state index in [0.717, 1.165) is 13.2 Å². The van der Waals surface area contributed by atoms with Crippen molar-refractivity contribution in [3.05, 3.63) is 12.4 Å². The van der Waals surface area contributed by atoms with Gasteiger partial charge in [0, 0.05) is 12.8 Å². The van der Waals surface area contributed by atoms with Crippen molar-refractivity contribution >= 4 is 0 Å². The largest absolute Gasteiger partial charge is 0.379 e. The molecule has 0 aromatic carbocycles. The van der Waals surface area contributed by atoms with Gasteiger partial charge in [0.2, 0.25) is 0 Å². The lowest BCUT2D eigenvalue weighted by molar-refractivity contribution is 0.0486. The number of nitrogens with zero attached hydrogens (tertiary/aromatic N) is 3. The molecule has 5 nitrogen and oxygen atoms in total. The first-order valence-corrected chi connectivity index (χ1v) is 4.43. The minimum Gasteiger partial charge on any atom is -0.379 e. The molecule has 1 heterocycles. The minimum atomic E-state index is 0.641. The van der Waals surface area contributed by atoms with Crippen LogP contribution in [0.25, 0.3) is 0 Å². The van der Waals surface area contributed by atoms with Crippen LogP contribution in [0.3, 0.4) is 0 Å². The highest BCUT2D eigenvalue weighted by Crippen LogP contribution is 1.83. The summed E-state index contributed by atoms with van der Waals surface area (Å²) in [4.78, 5) is 0. The molecule has 0 saturated heterocycles. The number of hydrogen-bond donors (Lipinski definition) is 0. The molecule has 0 atom stereocenters. The normalized spacial score (nSPS) is 10.5. The SMILES string of the molecule is CCOCCOCCn1ccnn1. The van der Waals surface area contributed by atoms with Crippen LogP contribution in [0.2, 0.25) is 0 Å². The molecule has 74 valence electrons. The van der Waals surface area contributed by atoms with Gasteiger partial charge in [-0.15, -0.1) is 5.10 Å². The van der Waals surface area contributed by atoms with E-state index in [9.17, 15) is 0 Å². The molecule has 0 saturated carbocycles. The Balaban J connectivity index is 1.90. The standard InChI is InChI=1S/C8H15N3O2/c1-2-12-7-8-13-6-5-11-4-3-9-10-11/h3-4H,2,5-8H2,1H3. The lowest BCUT2D eigenvalue weighted by Gasteiger charge is -2.03. The predicted octanol–water partition coefficient (Wildman–Crippen LogP) is 0.331. The molecular weight excluding hydrogens is 170 g/mol. The van der Waals surface area contributed by atoms with Crippen molar-refractivity contribution in [1.29, 1.82) is 0 Å². The van der Waals surface area contributed by atoms with Gasteiger partial charge in [0.15, 0.2) is 0 Å². The number of rotatable bonds is 7. The second-order valence-electron chi connectivity index (χ2n) is 2.48. The fraction of sp³-hybridized carbons (Fsp3) is 0.750. The van der Waals surface area contributed by atoms with Gasteiger partial charge in [0.05, 0.1) is 32.6 Å². The van der Waals surface area contributed by atoms with E-state index in [4.69, 9.17) is 9.47 Å². The van der Waals surface area contributed by atoms with Gasteiger partial charge in [-0.2, -0.15) is 0 Å². The monoisotopic (exact) mass is 185 g/mol. The molecule has 0 amide bonds. The van der Waals surface area contributed by atoms with Crippen molar-refractivity contribution in [3.8, 4) is 0 Å². The molecular formula is C8H15N3O2. The van der Waals surface area contributed by atoms with E-state index in [2.05, 4.69) is 10.3 Å². The maximum atomic E-state index is 5.30. The molecule has 0 aliphatic carbocycles. The zero-order valence-electron chi connectivity index (χ0n) is 7.85. The summed E-state index contributed by atoms with van der Waals surface area (Å²) in [5.41, 5.74) is 0. The van der Waals surface area contributed by atoms with Crippen LogP contribution in [0.1, 0.15) is 6.92 Å². The lowest BCUT2D eigenvalue weighted by atomic mass is 10.6. The Morgan fingerprint density at radius 2 is 2.08 bits per heavy atom. The summed E-state index contributed by atoms with van der Waals surface area (Å²) in [7, 11) is 0. The average molecular weight is 185 g/mol. The maximum absolute atomic E-state index is 5.30. The molecule has 0 radical (unpaired) electrons. The summed E-state index contributed by atoms with van der Waals surface area (Å²) in [6, 6.07) is 0. The first kappa shape index (κ1) is 10.1. The molecule has 0 spiro atoms. The van der Waals surface area contributed by atoms with Crippen LogP contribution in [0.5, 0.6) is 0 Å². The van der Waals surface area contributed by atoms with E-state index in [1.54, 1.807) is 10.9 Å². The molecule has 0 fully saturated rings. The summed E-state index contributed by atoms with van der Waals surface area (Å²) in [5.74, 6) is 0. The molecule has 1 aromatic heterocycles. The second kappa shape index (κ2) is 6.56. The molecule has 1 aromatic rings. The van der Waals surface area contributed by atoms with Crippen LogP contribution in [0.4, 0.5) is 0 Å². The fourth-order valence-corrected chi connectivity index (χ4v) is 0.874. The smallest absolute Gasteiger partial charge is 0.0701 e. The van der Waals surface area contributed by atoms with E-state index >= 15 is 0 Å². The van der Waals surface area contributed by atoms with Crippen LogP contribution in [0, 0.1) is 0 Å². The summed E-state index contributed by atoms with van der Waals surface area (Å²) < 4.78 is 12.1. The highest BCUT2D eigenvalue weighted by molar-refractivity contribution is 4.63. The topological polar surface area (TPSA) is 49.2 Å². The van der Waals surface area contributed by atoms with Crippen molar-refractivity contribution in [2.75, 3.05) is 26.4 Å². The molecule has 0 aliphatic rings. The van der Waals surface area contributed by atoms with Gasteiger partial charge >= 0.3 is 0 Å². The van der Waals surface area contributed by atoms with Gasteiger partial charge in [-0.25, -0.2) is 0 Å².